The van der Waals surface area contributed by atoms with Crippen LogP contribution in [-0.2, 0) is 4.79 Å². The van der Waals surface area contributed by atoms with Crippen molar-refractivity contribution in [2.45, 2.75) is 76.3 Å². The van der Waals surface area contributed by atoms with Crippen molar-refractivity contribution < 1.29 is 4.79 Å². The van der Waals surface area contributed by atoms with E-state index in [1.54, 1.807) is 0 Å². The van der Waals surface area contributed by atoms with Gasteiger partial charge in [-0.15, -0.1) is 0 Å². The number of carbonyl (C=O) groups excluding carboxylic acids is 1. The van der Waals surface area contributed by atoms with Crippen LogP contribution in [0.15, 0.2) is 23.3 Å². The highest BCUT2D eigenvalue weighted by Crippen LogP contribution is 2.53. The molecule has 6 rings (SSSR count). The number of rotatable bonds is 4. The zero-order chi connectivity index (χ0) is 26.4. The lowest BCUT2D eigenvalue weighted by molar-refractivity contribution is -0.144. The number of carbonyl (C=O) groups is 1. The Morgan fingerprint density at radius 3 is 2.50 bits per heavy atom. The van der Waals surface area contributed by atoms with Crippen LogP contribution in [0, 0.1) is 28.6 Å². The maximum atomic E-state index is 13.1. The second-order valence-electron chi connectivity index (χ2n) is 12.7. The summed E-state index contributed by atoms with van der Waals surface area (Å²) in [5.74, 6) is 2.49. The van der Waals surface area contributed by atoms with E-state index in [0.717, 1.165) is 70.4 Å². The number of likely N-dealkylation sites (tertiary alicyclic amines) is 2. The van der Waals surface area contributed by atoms with Crippen molar-refractivity contribution in [3.63, 3.8) is 0 Å². The molecule has 2 saturated carbocycles. The van der Waals surface area contributed by atoms with Crippen LogP contribution in [0.2, 0.25) is 5.02 Å². The van der Waals surface area contributed by atoms with Crippen molar-refractivity contribution in [2.75, 3.05) is 45.3 Å². The van der Waals surface area contributed by atoms with E-state index in [2.05, 4.69) is 39.9 Å². The second kappa shape index (κ2) is 10.4. The minimum absolute atomic E-state index is 0.231. The van der Waals surface area contributed by atoms with Crippen LogP contribution in [-0.4, -0.2) is 78.8 Å². The fourth-order valence-corrected chi connectivity index (χ4v) is 8.05. The van der Waals surface area contributed by atoms with Gasteiger partial charge < -0.3 is 14.7 Å². The van der Waals surface area contributed by atoms with Crippen molar-refractivity contribution in [2.24, 2.45) is 22.4 Å². The Hall–Kier alpha value is -2.30. The molecule has 2 saturated heterocycles. The van der Waals surface area contributed by atoms with E-state index in [1.165, 1.54) is 31.5 Å². The van der Waals surface area contributed by atoms with Crippen molar-refractivity contribution in [3.8, 4) is 6.07 Å². The number of hydrogen-bond donors (Lipinski definition) is 0. The van der Waals surface area contributed by atoms with Crippen molar-refractivity contribution in [1.29, 1.82) is 5.26 Å². The Labute approximate surface area is 232 Å². The predicted octanol–water partition coefficient (Wildman–Crippen LogP) is 4.95. The maximum Gasteiger partial charge on any atom is 0.225 e. The molecule has 38 heavy (non-hydrogen) atoms. The van der Waals surface area contributed by atoms with Gasteiger partial charge in [-0.25, -0.2) is 0 Å². The molecule has 1 aromatic carbocycles. The summed E-state index contributed by atoms with van der Waals surface area (Å²) in [6.45, 7) is 3.88. The van der Waals surface area contributed by atoms with E-state index in [9.17, 15) is 10.1 Å². The smallest absolute Gasteiger partial charge is 0.225 e. The molecule has 1 amide bonds. The lowest BCUT2D eigenvalue weighted by Gasteiger charge is -2.52. The third kappa shape index (κ3) is 4.79. The van der Waals surface area contributed by atoms with Crippen LogP contribution in [0.25, 0.3) is 0 Å². The van der Waals surface area contributed by atoms with Gasteiger partial charge in [-0.2, -0.15) is 10.4 Å². The van der Waals surface area contributed by atoms with E-state index < -0.39 is 0 Å². The molecule has 7 nitrogen and oxygen atoms in total. The number of anilines is 1. The first-order chi connectivity index (χ1) is 18.4. The van der Waals surface area contributed by atoms with Gasteiger partial charge in [0.25, 0.3) is 0 Å². The average molecular weight is 537 g/mol. The second-order valence-corrected chi connectivity index (χ2v) is 13.1. The molecule has 5 aliphatic rings. The summed E-state index contributed by atoms with van der Waals surface area (Å²) in [5.41, 5.74) is 1.85. The zero-order valence-corrected chi connectivity index (χ0v) is 23.7. The molecule has 2 aliphatic carbocycles. The Morgan fingerprint density at radius 1 is 1.13 bits per heavy atom. The Morgan fingerprint density at radius 2 is 1.87 bits per heavy atom. The number of hydrogen-bond acceptors (Lipinski definition) is 6. The van der Waals surface area contributed by atoms with Crippen LogP contribution in [0.5, 0.6) is 0 Å². The molecule has 1 aromatic rings. The summed E-state index contributed by atoms with van der Waals surface area (Å²) in [5, 5.41) is 17.2. The number of benzene rings is 1. The maximum absolute atomic E-state index is 13.1. The van der Waals surface area contributed by atoms with Crippen LogP contribution in [0.3, 0.4) is 0 Å². The third-order valence-electron chi connectivity index (χ3n) is 10.3. The van der Waals surface area contributed by atoms with Crippen LogP contribution in [0.4, 0.5) is 5.69 Å². The van der Waals surface area contributed by atoms with Gasteiger partial charge in [0.1, 0.15) is 11.9 Å². The predicted molar refractivity (Wildman–Crippen MR) is 151 cm³/mol. The van der Waals surface area contributed by atoms with Crippen LogP contribution < -0.4 is 5.01 Å². The van der Waals surface area contributed by atoms with Crippen molar-refractivity contribution in [3.05, 3.63) is 28.8 Å². The van der Waals surface area contributed by atoms with Gasteiger partial charge in [-0.3, -0.25) is 9.80 Å². The summed E-state index contributed by atoms with van der Waals surface area (Å²) in [6, 6.07) is 8.77. The zero-order valence-electron chi connectivity index (χ0n) is 22.9. The number of amidine groups is 1. The number of hydrazone groups is 1. The monoisotopic (exact) mass is 536 g/mol. The lowest BCUT2D eigenvalue weighted by atomic mass is 9.57. The van der Waals surface area contributed by atoms with Gasteiger partial charge in [0.2, 0.25) is 5.91 Å². The first-order valence-electron chi connectivity index (χ1n) is 14.6. The van der Waals surface area contributed by atoms with Gasteiger partial charge in [0.05, 0.1) is 22.3 Å². The largest absolute Gasteiger partial charge is 0.359 e. The molecule has 3 aliphatic heterocycles. The molecule has 1 spiro atoms. The topological polar surface area (TPSA) is 66.2 Å². The Kier molecular flexibility index (Phi) is 7.07. The molecule has 8 heteroatoms. The molecular weight excluding hydrogens is 496 g/mol. The molecule has 204 valence electrons. The molecule has 4 fully saturated rings. The van der Waals surface area contributed by atoms with E-state index in [4.69, 9.17) is 16.7 Å². The van der Waals surface area contributed by atoms with Gasteiger partial charge in [-0.05, 0) is 88.6 Å². The fourth-order valence-electron chi connectivity index (χ4n) is 7.83. The SMILES string of the molecule is CN(C)C1CCN(C(=O)C2CC3(CCN(C4=NN(c5ccc(C#N)c(Cl)c5)C(C5CCCC5)C4)CC3)C2)C1. The minimum Gasteiger partial charge on any atom is -0.359 e. The van der Waals surface area contributed by atoms with E-state index in [1.807, 2.05) is 18.2 Å². The molecule has 0 N–H and O–H groups in total. The van der Waals surface area contributed by atoms with Gasteiger partial charge >= 0.3 is 0 Å². The summed E-state index contributed by atoms with van der Waals surface area (Å²) < 4.78 is 0. The van der Waals surface area contributed by atoms with E-state index in [0.29, 0.717) is 39.9 Å². The van der Waals surface area contributed by atoms with Gasteiger partial charge in [-0.1, -0.05) is 24.4 Å². The van der Waals surface area contributed by atoms with Crippen molar-refractivity contribution >= 4 is 29.0 Å². The molecule has 2 unspecified atom stereocenters. The highest BCUT2D eigenvalue weighted by Gasteiger charge is 2.50. The van der Waals surface area contributed by atoms with Crippen molar-refractivity contribution in [1.82, 2.24) is 14.7 Å². The standard InChI is InChI=1S/C30H41ClN6O/c1-34(2)25-9-12-36(20-25)29(38)23-17-30(18-23)10-13-35(14-11-30)28-16-27(21-5-3-4-6-21)37(33-28)24-8-7-22(19-32)26(31)15-24/h7-8,15,21,23,25,27H,3-6,9-14,16-18,20H2,1-2H3. The highest BCUT2D eigenvalue weighted by atomic mass is 35.5. The van der Waals surface area contributed by atoms with Gasteiger partial charge in [0, 0.05) is 44.6 Å². The molecule has 3 heterocycles. The normalized spacial score (nSPS) is 27.8. The lowest BCUT2D eigenvalue weighted by Crippen LogP contribution is -2.52. The molecular formula is C30H41ClN6O. The first kappa shape index (κ1) is 26.0. The van der Waals surface area contributed by atoms with E-state index >= 15 is 0 Å². The Bertz CT molecular complexity index is 1120. The molecule has 0 bridgehead atoms. The van der Waals surface area contributed by atoms with Gasteiger partial charge in [0.15, 0.2) is 0 Å². The van der Waals surface area contributed by atoms with E-state index in [-0.39, 0.29) is 5.92 Å². The fraction of sp³-hybridized carbons (Fsp3) is 0.700. The first-order valence-corrected chi connectivity index (χ1v) is 15.0. The summed E-state index contributed by atoms with van der Waals surface area (Å²) in [6.07, 6.45) is 11.7. The number of halogens is 1. The molecule has 0 radical (unpaired) electrons. The average Bonchev–Trinajstić information content (AvgIpc) is 3.67. The summed E-state index contributed by atoms with van der Waals surface area (Å²) in [7, 11) is 4.24. The number of amides is 1. The highest BCUT2D eigenvalue weighted by molar-refractivity contribution is 6.32. The quantitative estimate of drug-likeness (QED) is 0.545. The molecule has 0 aromatic heterocycles. The number of nitrogens with zero attached hydrogens (tertiary/aromatic N) is 6. The van der Waals surface area contributed by atoms with Crippen LogP contribution in [0.1, 0.15) is 69.8 Å². The number of likely N-dealkylation sites (N-methyl/N-ethyl adjacent to an activating group) is 1. The minimum atomic E-state index is 0.231. The number of nitriles is 1. The summed E-state index contributed by atoms with van der Waals surface area (Å²) in [4.78, 5) is 20.0. The molecule has 2 atom stereocenters. The number of piperidine rings is 1. The Balaban J connectivity index is 1.08. The van der Waals surface area contributed by atoms with Crippen LogP contribution >= 0.6 is 11.6 Å². The third-order valence-corrected chi connectivity index (χ3v) is 10.6. The summed E-state index contributed by atoms with van der Waals surface area (Å²) >= 11 is 6.41.